The Kier molecular flexibility index (Phi) is 3.26. The summed E-state index contributed by atoms with van der Waals surface area (Å²) in [6.45, 7) is 0. The third kappa shape index (κ3) is 3.99. The molecule has 0 aromatic heterocycles. The summed E-state index contributed by atoms with van der Waals surface area (Å²) in [5, 5.41) is 16.8. The molecule has 0 saturated carbocycles. The number of aliphatic hydroxyl groups excluding tert-OH is 1. The molecule has 0 saturated heterocycles. The van der Waals surface area contributed by atoms with E-state index < -0.39 is 18.0 Å². The number of rotatable bonds is 3. The van der Waals surface area contributed by atoms with Gasteiger partial charge in [0.2, 0.25) is 0 Å². The molecule has 2 atom stereocenters. The van der Waals surface area contributed by atoms with Crippen LogP contribution in [-0.4, -0.2) is 36.1 Å². The normalized spacial score (nSPS) is 16.7. The first-order valence-electron chi connectivity index (χ1n) is 2.69. The molecule has 0 spiro atoms. The fourth-order valence-corrected chi connectivity index (χ4v) is 0.372. The van der Waals surface area contributed by atoms with Gasteiger partial charge in [0.25, 0.3) is 0 Å². The van der Waals surface area contributed by atoms with Crippen LogP contribution >= 0.6 is 0 Å². The third-order valence-corrected chi connectivity index (χ3v) is 1.03. The summed E-state index contributed by atoms with van der Waals surface area (Å²) >= 11 is 0. The zero-order valence-electron chi connectivity index (χ0n) is 5.24. The molecule has 0 aliphatic heterocycles. The van der Waals surface area contributed by atoms with E-state index in [1.807, 2.05) is 0 Å². The SMILES string of the molecule is BC(O)C(N)CC(=O)O. The summed E-state index contributed by atoms with van der Waals surface area (Å²) in [4.78, 5) is 9.92. The van der Waals surface area contributed by atoms with E-state index in [9.17, 15) is 4.79 Å². The number of hydrogen-bond acceptors (Lipinski definition) is 3. The molecule has 0 aromatic rings. The second-order valence-corrected chi connectivity index (χ2v) is 2.00. The molecule has 0 aliphatic carbocycles. The predicted octanol–water partition coefficient (Wildman–Crippen LogP) is -2.26. The second kappa shape index (κ2) is 3.47. The molecular weight excluding hydrogens is 121 g/mol. The number of hydrogen-bond donors (Lipinski definition) is 3. The quantitative estimate of drug-likeness (QED) is 0.377. The molecule has 5 heteroatoms. The molecular formula is C4H10BNO3. The lowest BCUT2D eigenvalue weighted by Crippen LogP contribution is -2.36. The number of carbonyl (C=O) groups is 1. The van der Waals surface area contributed by atoms with Crippen molar-refractivity contribution in [2.45, 2.75) is 18.5 Å². The largest absolute Gasteiger partial charge is 0.481 e. The number of carboxylic acid groups (broad SMARTS) is 1. The van der Waals surface area contributed by atoms with Crippen LogP contribution in [0.1, 0.15) is 6.42 Å². The minimum Gasteiger partial charge on any atom is -0.481 e. The summed E-state index contributed by atoms with van der Waals surface area (Å²) in [5.74, 6) is -0.983. The zero-order chi connectivity index (χ0) is 7.44. The molecule has 4 nitrogen and oxygen atoms in total. The van der Waals surface area contributed by atoms with E-state index in [2.05, 4.69) is 0 Å². The van der Waals surface area contributed by atoms with E-state index in [0.717, 1.165) is 0 Å². The first kappa shape index (κ1) is 8.45. The number of carboxylic acids is 1. The molecule has 0 fully saturated rings. The smallest absolute Gasteiger partial charge is 0.304 e. The molecule has 0 aliphatic rings. The molecule has 0 aromatic carbocycles. The summed E-state index contributed by atoms with van der Waals surface area (Å²) in [5.41, 5.74) is 5.19. The van der Waals surface area contributed by atoms with Crippen molar-refractivity contribution < 1.29 is 15.0 Å². The monoisotopic (exact) mass is 131 g/mol. The van der Waals surface area contributed by atoms with Gasteiger partial charge in [-0.25, -0.2) is 0 Å². The summed E-state index contributed by atoms with van der Waals surface area (Å²) in [6.07, 6.45) is -0.183. The Hall–Kier alpha value is -0.545. The van der Waals surface area contributed by atoms with Crippen LogP contribution in [0, 0.1) is 0 Å². The topological polar surface area (TPSA) is 83.5 Å². The van der Waals surface area contributed by atoms with Crippen molar-refractivity contribution in [3.63, 3.8) is 0 Å². The van der Waals surface area contributed by atoms with Crippen LogP contribution in [0.4, 0.5) is 0 Å². The van der Waals surface area contributed by atoms with E-state index >= 15 is 0 Å². The molecule has 0 bridgehead atoms. The highest BCUT2D eigenvalue weighted by molar-refractivity contribution is 6.11. The fourth-order valence-electron chi connectivity index (χ4n) is 0.372. The summed E-state index contributed by atoms with van der Waals surface area (Å²) in [6, 6.07) is -1.40. The van der Waals surface area contributed by atoms with Crippen molar-refractivity contribution in [3.8, 4) is 0 Å². The molecule has 0 heterocycles. The maximum Gasteiger partial charge on any atom is 0.304 e. The van der Waals surface area contributed by atoms with Gasteiger partial charge >= 0.3 is 5.97 Å². The Morgan fingerprint density at radius 3 is 2.33 bits per heavy atom. The van der Waals surface area contributed by atoms with E-state index in [1.165, 1.54) is 7.85 Å². The standard InChI is InChI=1S/C4H10BNO3/c5-4(9)2(6)1-3(7)8/h2,4,9H,1,5-6H2,(H,7,8). The maximum atomic E-state index is 9.92. The van der Waals surface area contributed by atoms with Crippen LogP contribution in [0.25, 0.3) is 0 Å². The van der Waals surface area contributed by atoms with Gasteiger partial charge in [-0.15, -0.1) is 0 Å². The van der Waals surface area contributed by atoms with Crippen LogP contribution in [0.2, 0.25) is 0 Å². The molecule has 0 rings (SSSR count). The lowest BCUT2D eigenvalue weighted by molar-refractivity contribution is -0.137. The third-order valence-electron chi connectivity index (χ3n) is 1.03. The zero-order valence-corrected chi connectivity index (χ0v) is 5.24. The molecule has 0 amide bonds. The predicted molar refractivity (Wildman–Crippen MR) is 34.8 cm³/mol. The minimum absolute atomic E-state index is 0.183. The van der Waals surface area contributed by atoms with E-state index in [0.29, 0.717) is 0 Å². The van der Waals surface area contributed by atoms with Gasteiger partial charge in [-0.1, -0.05) is 0 Å². The maximum absolute atomic E-state index is 9.92. The van der Waals surface area contributed by atoms with Gasteiger partial charge in [0.15, 0.2) is 0 Å². The average molecular weight is 131 g/mol. The van der Waals surface area contributed by atoms with Crippen molar-refractivity contribution in [1.82, 2.24) is 0 Å². The van der Waals surface area contributed by atoms with Gasteiger partial charge in [0, 0.05) is 12.0 Å². The first-order chi connectivity index (χ1) is 4.04. The van der Waals surface area contributed by atoms with Crippen molar-refractivity contribution >= 4 is 13.8 Å². The second-order valence-electron chi connectivity index (χ2n) is 2.00. The Balaban J connectivity index is 3.50. The highest BCUT2D eigenvalue weighted by Crippen LogP contribution is 1.90. The first-order valence-corrected chi connectivity index (χ1v) is 2.69. The number of aliphatic hydroxyl groups is 1. The van der Waals surface area contributed by atoms with E-state index in [1.54, 1.807) is 0 Å². The molecule has 9 heavy (non-hydrogen) atoms. The molecule has 52 valence electrons. The lowest BCUT2D eigenvalue weighted by Gasteiger charge is -2.10. The van der Waals surface area contributed by atoms with Crippen molar-refractivity contribution in [2.75, 3.05) is 0 Å². The van der Waals surface area contributed by atoms with E-state index in [4.69, 9.17) is 15.9 Å². The van der Waals surface area contributed by atoms with Gasteiger partial charge in [-0.2, -0.15) is 0 Å². The summed E-state index contributed by atoms with van der Waals surface area (Å²) in [7, 11) is 1.47. The number of aliphatic carboxylic acids is 1. The van der Waals surface area contributed by atoms with Gasteiger partial charge in [-0.05, 0) is 0 Å². The Labute approximate surface area is 54.1 Å². The summed E-state index contributed by atoms with van der Waals surface area (Å²) < 4.78 is 0. The highest BCUT2D eigenvalue weighted by atomic mass is 16.4. The van der Waals surface area contributed by atoms with Crippen LogP contribution in [-0.2, 0) is 4.79 Å². The fraction of sp³-hybridized carbons (Fsp3) is 0.750. The Morgan fingerprint density at radius 2 is 2.22 bits per heavy atom. The van der Waals surface area contributed by atoms with Crippen LogP contribution < -0.4 is 5.73 Å². The highest BCUT2D eigenvalue weighted by Gasteiger charge is 2.12. The molecule has 0 radical (unpaired) electrons. The number of nitrogens with two attached hydrogens (primary N) is 1. The van der Waals surface area contributed by atoms with Crippen LogP contribution in [0.5, 0.6) is 0 Å². The van der Waals surface area contributed by atoms with Gasteiger partial charge in [0.05, 0.1) is 6.42 Å². The van der Waals surface area contributed by atoms with Crippen LogP contribution in [0.3, 0.4) is 0 Å². The minimum atomic E-state index is -0.983. The van der Waals surface area contributed by atoms with E-state index in [-0.39, 0.29) is 6.42 Å². The van der Waals surface area contributed by atoms with Crippen molar-refractivity contribution in [1.29, 1.82) is 0 Å². The van der Waals surface area contributed by atoms with Gasteiger partial charge in [-0.3, -0.25) is 4.79 Å². The lowest BCUT2D eigenvalue weighted by atomic mass is 9.91. The Bertz CT molecular complexity index is 106. The van der Waals surface area contributed by atoms with Gasteiger partial charge < -0.3 is 15.9 Å². The van der Waals surface area contributed by atoms with Gasteiger partial charge in [0.1, 0.15) is 7.85 Å². The molecule has 4 N–H and O–H groups in total. The van der Waals surface area contributed by atoms with Crippen molar-refractivity contribution in [2.24, 2.45) is 5.73 Å². The van der Waals surface area contributed by atoms with Crippen LogP contribution in [0.15, 0.2) is 0 Å². The van der Waals surface area contributed by atoms with Crippen molar-refractivity contribution in [3.05, 3.63) is 0 Å². The average Bonchev–Trinajstić information content (AvgIpc) is 1.63. The Morgan fingerprint density at radius 1 is 1.78 bits per heavy atom. The molecule has 2 unspecified atom stereocenters.